The molecule has 0 aliphatic heterocycles. The second-order valence-electron chi connectivity index (χ2n) is 7.46. The molecule has 1 aliphatic carbocycles. The van der Waals surface area contributed by atoms with Gasteiger partial charge in [0.1, 0.15) is 5.00 Å². The monoisotopic (exact) mass is 399 g/mol. The Hall–Kier alpha value is -2.14. The zero-order chi connectivity index (χ0) is 20.1. The van der Waals surface area contributed by atoms with E-state index in [1.165, 1.54) is 10.4 Å². The van der Waals surface area contributed by atoms with Gasteiger partial charge in [-0.15, -0.1) is 11.3 Å². The van der Waals surface area contributed by atoms with Gasteiger partial charge in [-0.1, -0.05) is 50.6 Å². The van der Waals surface area contributed by atoms with E-state index in [1.807, 2.05) is 19.9 Å². The zero-order valence-electron chi connectivity index (χ0n) is 16.9. The molecule has 3 rings (SSSR count). The highest BCUT2D eigenvalue weighted by molar-refractivity contribution is 7.17. The number of ether oxygens (including phenoxy) is 1. The molecule has 2 atom stereocenters. The van der Waals surface area contributed by atoms with Crippen molar-refractivity contribution in [3.63, 3.8) is 0 Å². The molecule has 28 heavy (non-hydrogen) atoms. The lowest BCUT2D eigenvalue weighted by Crippen LogP contribution is -2.21. The van der Waals surface area contributed by atoms with Gasteiger partial charge >= 0.3 is 5.97 Å². The van der Waals surface area contributed by atoms with Crippen LogP contribution in [0.4, 0.5) is 5.00 Å². The summed E-state index contributed by atoms with van der Waals surface area (Å²) in [4.78, 5) is 26.4. The van der Waals surface area contributed by atoms with Gasteiger partial charge in [0.15, 0.2) is 0 Å². The van der Waals surface area contributed by atoms with E-state index in [-0.39, 0.29) is 17.8 Å². The van der Waals surface area contributed by atoms with Crippen molar-refractivity contribution in [3.05, 3.63) is 51.9 Å². The zero-order valence-corrected chi connectivity index (χ0v) is 17.7. The van der Waals surface area contributed by atoms with Gasteiger partial charge in [-0.2, -0.15) is 0 Å². The van der Waals surface area contributed by atoms with Gasteiger partial charge in [0, 0.05) is 10.8 Å². The number of fused-ring (bicyclic) bond motifs is 1. The number of benzene rings is 1. The number of hydrogen-bond donors (Lipinski definition) is 1. The lowest BCUT2D eigenvalue weighted by atomic mass is 9.83. The first-order valence-corrected chi connectivity index (χ1v) is 11.0. The van der Waals surface area contributed by atoms with Gasteiger partial charge in [-0.3, -0.25) is 4.79 Å². The molecule has 1 heterocycles. The van der Waals surface area contributed by atoms with Gasteiger partial charge < -0.3 is 10.1 Å². The summed E-state index contributed by atoms with van der Waals surface area (Å²) in [6.45, 7) is 6.14. The van der Waals surface area contributed by atoms with Crippen molar-refractivity contribution in [1.29, 1.82) is 0 Å². The lowest BCUT2D eigenvalue weighted by Gasteiger charge is -2.23. The summed E-state index contributed by atoms with van der Waals surface area (Å²) in [7, 11) is 0. The van der Waals surface area contributed by atoms with E-state index in [9.17, 15) is 9.59 Å². The Bertz CT molecular complexity index is 828. The molecule has 5 heteroatoms. The van der Waals surface area contributed by atoms with Crippen LogP contribution in [0.3, 0.4) is 0 Å². The van der Waals surface area contributed by atoms with Crippen LogP contribution in [0.2, 0.25) is 0 Å². The van der Waals surface area contributed by atoms with Crippen LogP contribution in [0, 0.1) is 5.92 Å². The second-order valence-corrected chi connectivity index (χ2v) is 8.56. The van der Waals surface area contributed by atoms with Crippen molar-refractivity contribution in [2.45, 2.75) is 58.8 Å². The lowest BCUT2D eigenvalue weighted by molar-refractivity contribution is -0.119. The molecule has 0 bridgehead atoms. The predicted molar refractivity (Wildman–Crippen MR) is 114 cm³/mol. The van der Waals surface area contributed by atoms with Crippen LogP contribution in [0.1, 0.15) is 72.3 Å². The maximum Gasteiger partial charge on any atom is 0.341 e. The summed E-state index contributed by atoms with van der Waals surface area (Å²) in [5.41, 5.74) is 2.97. The average molecular weight is 400 g/mol. The van der Waals surface area contributed by atoms with Crippen molar-refractivity contribution in [2.24, 2.45) is 5.92 Å². The Morgan fingerprint density at radius 1 is 1.25 bits per heavy atom. The van der Waals surface area contributed by atoms with Crippen LogP contribution >= 0.6 is 11.3 Å². The number of hydrogen-bond acceptors (Lipinski definition) is 4. The largest absolute Gasteiger partial charge is 0.462 e. The molecule has 1 amide bonds. The number of carbonyl (C=O) groups excluding carboxylic acids is 2. The van der Waals surface area contributed by atoms with Crippen LogP contribution in [0.15, 0.2) is 30.3 Å². The first-order chi connectivity index (χ1) is 13.5. The SMILES string of the molecule is CCC[C@@H](C)C(=O)Nc1sc2c(c1C(=O)OCC)CC[C@@H](c1ccccc1)C2. The average Bonchev–Trinajstić information content (AvgIpc) is 3.06. The van der Waals surface area contributed by atoms with Gasteiger partial charge in [0.2, 0.25) is 5.91 Å². The third-order valence-corrected chi connectivity index (χ3v) is 6.59. The molecule has 0 fully saturated rings. The fourth-order valence-electron chi connectivity index (χ4n) is 3.90. The Morgan fingerprint density at radius 2 is 2.00 bits per heavy atom. The van der Waals surface area contributed by atoms with E-state index in [0.29, 0.717) is 23.1 Å². The summed E-state index contributed by atoms with van der Waals surface area (Å²) in [5.74, 6) is 0.0309. The quantitative estimate of drug-likeness (QED) is 0.619. The van der Waals surface area contributed by atoms with Gasteiger partial charge in [0.25, 0.3) is 0 Å². The molecule has 1 aromatic carbocycles. The highest BCUT2D eigenvalue weighted by atomic mass is 32.1. The van der Waals surface area contributed by atoms with Crippen LogP contribution in [0.5, 0.6) is 0 Å². The first kappa shape index (κ1) is 20.6. The third kappa shape index (κ3) is 4.46. The van der Waals surface area contributed by atoms with Crippen molar-refractivity contribution in [3.8, 4) is 0 Å². The van der Waals surface area contributed by atoms with E-state index in [1.54, 1.807) is 11.3 Å². The van der Waals surface area contributed by atoms with E-state index in [0.717, 1.165) is 37.7 Å². The number of rotatable bonds is 7. The number of thiophene rings is 1. The highest BCUT2D eigenvalue weighted by Gasteiger charge is 2.31. The number of nitrogens with one attached hydrogen (secondary N) is 1. The normalized spacial score (nSPS) is 16.9. The molecule has 1 aromatic heterocycles. The number of amides is 1. The minimum Gasteiger partial charge on any atom is -0.462 e. The van der Waals surface area contributed by atoms with E-state index in [2.05, 4.69) is 36.5 Å². The Kier molecular flexibility index (Phi) is 6.89. The number of esters is 1. The Morgan fingerprint density at radius 3 is 2.68 bits per heavy atom. The van der Waals surface area contributed by atoms with E-state index < -0.39 is 0 Å². The van der Waals surface area contributed by atoms with Crippen LogP contribution in [0.25, 0.3) is 0 Å². The molecule has 0 spiro atoms. The molecular formula is C23H29NO3S. The van der Waals surface area contributed by atoms with E-state index in [4.69, 9.17) is 4.74 Å². The molecule has 0 radical (unpaired) electrons. The third-order valence-electron chi connectivity index (χ3n) is 5.42. The maximum absolute atomic E-state index is 12.7. The van der Waals surface area contributed by atoms with Gasteiger partial charge in [-0.25, -0.2) is 4.79 Å². The number of anilines is 1. The fourth-order valence-corrected chi connectivity index (χ4v) is 5.22. The smallest absolute Gasteiger partial charge is 0.341 e. The van der Waals surface area contributed by atoms with Crippen molar-refractivity contribution < 1.29 is 14.3 Å². The topological polar surface area (TPSA) is 55.4 Å². The molecule has 1 aliphatic rings. The molecule has 2 aromatic rings. The summed E-state index contributed by atoms with van der Waals surface area (Å²) < 4.78 is 5.31. The van der Waals surface area contributed by atoms with Crippen LogP contribution < -0.4 is 5.32 Å². The van der Waals surface area contributed by atoms with Crippen molar-refractivity contribution in [2.75, 3.05) is 11.9 Å². The Labute approximate surface area is 171 Å². The fraction of sp³-hybridized carbons (Fsp3) is 0.478. The van der Waals surface area contributed by atoms with Crippen molar-refractivity contribution >= 4 is 28.2 Å². The van der Waals surface area contributed by atoms with Gasteiger partial charge in [0.05, 0.1) is 12.2 Å². The standard InChI is InChI=1S/C23H29NO3S/c1-4-9-15(3)21(25)24-22-20(23(26)27-5-2)18-13-12-17(14-19(18)28-22)16-10-7-6-8-11-16/h6-8,10-11,15,17H,4-5,9,12-14H2,1-3H3,(H,24,25)/t15-,17-/m1/s1. The molecule has 1 N–H and O–H groups in total. The Balaban J connectivity index is 1.89. The minimum absolute atomic E-state index is 0.0226. The van der Waals surface area contributed by atoms with Crippen LogP contribution in [-0.2, 0) is 22.4 Å². The summed E-state index contributed by atoms with van der Waals surface area (Å²) in [6, 6.07) is 10.5. The molecule has 4 nitrogen and oxygen atoms in total. The van der Waals surface area contributed by atoms with Crippen LogP contribution in [-0.4, -0.2) is 18.5 Å². The predicted octanol–water partition coefficient (Wildman–Crippen LogP) is 5.57. The first-order valence-electron chi connectivity index (χ1n) is 10.2. The highest BCUT2D eigenvalue weighted by Crippen LogP contribution is 2.43. The second kappa shape index (κ2) is 9.37. The summed E-state index contributed by atoms with van der Waals surface area (Å²) in [6.07, 6.45) is 4.53. The summed E-state index contributed by atoms with van der Waals surface area (Å²) >= 11 is 1.55. The summed E-state index contributed by atoms with van der Waals surface area (Å²) in [5, 5.41) is 3.68. The maximum atomic E-state index is 12.7. The van der Waals surface area contributed by atoms with E-state index >= 15 is 0 Å². The van der Waals surface area contributed by atoms with Crippen molar-refractivity contribution in [1.82, 2.24) is 0 Å². The molecule has 0 saturated carbocycles. The molecule has 0 unspecified atom stereocenters. The van der Waals surface area contributed by atoms with Gasteiger partial charge in [-0.05, 0) is 49.7 Å². The molecule has 150 valence electrons. The number of carbonyl (C=O) groups is 2. The molecule has 0 saturated heterocycles. The minimum atomic E-state index is -0.323. The molecular weight excluding hydrogens is 370 g/mol.